The Morgan fingerprint density at radius 3 is 2.56 bits per heavy atom. The highest BCUT2D eigenvalue weighted by Crippen LogP contribution is 2.11. The summed E-state index contributed by atoms with van der Waals surface area (Å²) in [5, 5.41) is 10.3. The number of carbonyl (C=O) groups excluding carboxylic acids is 1. The van der Waals surface area contributed by atoms with Crippen molar-refractivity contribution in [2.75, 3.05) is 0 Å². The summed E-state index contributed by atoms with van der Waals surface area (Å²) in [5.74, 6) is -1.12. The van der Waals surface area contributed by atoms with Gasteiger partial charge in [0.2, 0.25) is 6.54 Å². The van der Waals surface area contributed by atoms with Crippen LogP contribution in [0, 0.1) is 10.1 Å². The molecule has 0 atom stereocenters. The van der Waals surface area contributed by atoms with Gasteiger partial charge in [-0.1, -0.05) is 18.2 Å². The number of carbonyl (C=O) groups is 1. The third kappa shape index (κ3) is 3.31. The first-order valence-electron chi connectivity index (χ1n) is 4.07. The quantitative estimate of drug-likeness (QED) is 0.460. The summed E-state index contributed by atoms with van der Waals surface area (Å²) in [6, 6.07) is 5.59. The fourth-order valence-corrected chi connectivity index (χ4v) is 1.35. The molecule has 0 radical (unpaired) electrons. The highest BCUT2D eigenvalue weighted by Gasteiger charge is 2.16. The van der Waals surface area contributed by atoms with Gasteiger partial charge in [0, 0.05) is 10.5 Å². The van der Waals surface area contributed by atoms with Gasteiger partial charge in [0.05, 0.1) is 5.56 Å². The Kier molecular flexibility index (Phi) is 3.95. The second-order valence-corrected chi connectivity index (χ2v) is 3.38. The average molecular weight is 245 g/mol. The Balaban J connectivity index is 3.02. The van der Waals surface area contributed by atoms with Crippen molar-refractivity contribution in [1.82, 2.24) is 0 Å². The smallest absolute Gasteiger partial charge is 0.343 e. The lowest BCUT2D eigenvalue weighted by molar-refractivity contribution is -0.496. The van der Waals surface area contributed by atoms with Gasteiger partial charge in [0.1, 0.15) is 0 Å². The first kappa shape index (κ1) is 12.1. The second-order valence-electron chi connectivity index (χ2n) is 2.75. The maximum Gasteiger partial charge on any atom is 0.354 e. The predicted octanol–water partition coefficient (Wildman–Crippen LogP) is 0.147. The molecule has 0 spiro atoms. The summed E-state index contributed by atoms with van der Waals surface area (Å²) >= 11 is 0. The van der Waals surface area contributed by atoms with Crippen molar-refractivity contribution in [3.05, 3.63) is 45.5 Å². The van der Waals surface area contributed by atoms with Crippen molar-refractivity contribution in [2.24, 2.45) is 0 Å². The van der Waals surface area contributed by atoms with Crippen LogP contribution < -0.4 is 0 Å². The molecular formula is C8H7NO6S. The SMILES string of the molecule is O=C(O[SH](=O)=O)c1ccccc1C[N+](=O)[O-]. The molecule has 0 saturated carbocycles. The molecule has 0 aromatic heterocycles. The van der Waals surface area contributed by atoms with Crippen LogP contribution in [0.25, 0.3) is 0 Å². The largest absolute Gasteiger partial charge is 0.354 e. The molecule has 1 aromatic rings. The number of hydrogen-bond acceptors (Lipinski definition) is 6. The van der Waals surface area contributed by atoms with Crippen LogP contribution in [0.1, 0.15) is 15.9 Å². The van der Waals surface area contributed by atoms with E-state index in [1.54, 1.807) is 0 Å². The Morgan fingerprint density at radius 2 is 2.00 bits per heavy atom. The van der Waals surface area contributed by atoms with Crippen LogP contribution in [0.2, 0.25) is 0 Å². The summed E-state index contributed by atoms with van der Waals surface area (Å²) in [5.41, 5.74) is -0.0206. The van der Waals surface area contributed by atoms with Crippen molar-refractivity contribution in [3.8, 4) is 0 Å². The van der Waals surface area contributed by atoms with Crippen LogP contribution in [0.4, 0.5) is 0 Å². The molecule has 0 unspecified atom stereocenters. The molecule has 1 rings (SSSR count). The van der Waals surface area contributed by atoms with Crippen LogP contribution in [0.3, 0.4) is 0 Å². The van der Waals surface area contributed by atoms with Crippen LogP contribution in [0.15, 0.2) is 24.3 Å². The molecule has 86 valence electrons. The van der Waals surface area contributed by atoms with E-state index in [1.165, 1.54) is 24.3 Å². The number of rotatable bonds is 4. The molecule has 8 heteroatoms. The van der Waals surface area contributed by atoms with E-state index in [0.29, 0.717) is 0 Å². The molecule has 7 nitrogen and oxygen atoms in total. The minimum Gasteiger partial charge on any atom is -0.343 e. The van der Waals surface area contributed by atoms with E-state index in [2.05, 4.69) is 4.18 Å². The lowest BCUT2D eigenvalue weighted by atomic mass is 10.1. The summed E-state index contributed by atoms with van der Waals surface area (Å²) in [4.78, 5) is 20.9. The second kappa shape index (κ2) is 5.21. The number of benzene rings is 1. The fraction of sp³-hybridized carbons (Fsp3) is 0.125. The lowest BCUT2D eigenvalue weighted by Gasteiger charge is -2.02. The van der Waals surface area contributed by atoms with E-state index < -0.39 is 28.4 Å². The van der Waals surface area contributed by atoms with E-state index in [0.717, 1.165) is 0 Å². The topological polar surface area (TPSA) is 104 Å². The maximum absolute atomic E-state index is 11.2. The van der Waals surface area contributed by atoms with Crippen molar-refractivity contribution in [2.45, 2.75) is 6.54 Å². The molecule has 0 bridgehead atoms. The van der Waals surface area contributed by atoms with Gasteiger partial charge in [-0.05, 0) is 6.07 Å². The van der Waals surface area contributed by atoms with Crippen molar-refractivity contribution < 1.29 is 22.3 Å². The monoisotopic (exact) mass is 245 g/mol. The van der Waals surface area contributed by atoms with E-state index >= 15 is 0 Å². The molecule has 1 aromatic carbocycles. The third-order valence-electron chi connectivity index (χ3n) is 1.69. The van der Waals surface area contributed by atoms with Gasteiger partial charge in [-0.25, -0.2) is 4.79 Å². The minimum atomic E-state index is -3.32. The Bertz CT molecular complexity index is 487. The molecule has 0 amide bonds. The van der Waals surface area contributed by atoms with Crippen LogP contribution in [-0.4, -0.2) is 19.3 Å². The van der Waals surface area contributed by atoms with Crippen LogP contribution >= 0.6 is 0 Å². The molecule has 0 N–H and O–H groups in total. The van der Waals surface area contributed by atoms with E-state index in [4.69, 9.17) is 0 Å². The van der Waals surface area contributed by atoms with Crippen LogP contribution in [0.5, 0.6) is 0 Å². The fourth-order valence-electron chi connectivity index (χ4n) is 1.11. The van der Waals surface area contributed by atoms with Gasteiger partial charge in [0.25, 0.3) is 0 Å². The van der Waals surface area contributed by atoms with Gasteiger partial charge < -0.3 is 4.18 Å². The first-order valence-corrected chi connectivity index (χ1v) is 5.16. The normalized spacial score (nSPS) is 10.1. The van der Waals surface area contributed by atoms with E-state index in [9.17, 15) is 23.3 Å². The van der Waals surface area contributed by atoms with Crippen molar-refractivity contribution >= 4 is 17.0 Å². The first-order chi connectivity index (χ1) is 7.50. The molecule has 0 aliphatic carbocycles. The summed E-state index contributed by atoms with van der Waals surface area (Å²) in [6.07, 6.45) is 0. The molecule has 0 saturated heterocycles. The predicted molar refractivity (Wildman–Crippen MR) is 52.9 cm³/mol. The van der Waals surface area contributed by atoms with Gasteiger partial charge in [0.15, 0.2) is 0 Å². The van der Waals surface area contributed by atoms with E-state index in [-0.39, 0.29) is 11.1 Å². The molecule has 0 aliphatic rings. The van der Waals surface area contributed by atoms with Gasteiger partial charge >= 0.3 is 17.0 Å². The number of nitrogens with zero attached hydrogens (tertiary/aromatic N) is 1. The summed E-state index contributed by atoms with van der Waals surface area (Å²) in [6.45, 7) is -0.569. The van der Waals surface area contributed by atoms with Crippen molar-refractivity contribution in [1.29, 1.82) is 0 Å². The van der Waals surface area contributed by atoms with Gasteiger partial charge in [-0.2, -0.15) is 8.42 Å². The molecule has 16 heavy (non-hydrogen) atoms. The number of thiol groups is 1. The average Bonchev–Trinajstić information content (AvgIpc) is 2.16. The maximum atomic E-state index is 11.2. The van der Waals surface area contributed by atoms with Crippen molar-refractivity contribution in [3.63, 3.8) is 0 Å². The zero-order chi connectivity index (χ0) is 12.1. The molecule has 0 heterocycles. The Morgan fingerprint density at radius 1 is 1.38 bits per heavy atom. The highest BCUT2D eigenvalue weighted by atomic mass is 32.2. The molecule has 0 fully saturated rings. The third-order valence-corrected chi connectivity index (χ3v) is 2.01. The van der Waals surface area contributed by atoms with Gasteiger partial charge in [-0.3, -0.25) is 10.1 Å². The number of nitro groups is 1. The Hall–Kier alpha value is -1.96. The minimum absolute atomic E-state index is 0.106. The highest BCUT2D eigenvalue weighted by molar-refractivity contribution is 7.67. The van der Waals surface area contributed by atoms with Gasteiger partial charge in [-0.15, -0.1) is 0 Å². The van der Waals surface area contributed by atoms with E-state index in [1.807, 2.05) is 0 Å². The molecular weight excluding hydrogens is 238 g/mol. The zero-order valence-electron chi connectivity index (χ0n) is 7.86. The lowest BCUT2D eigenvalue weighted by Crippen LogP contribution is -2.10. The Labute approximate surface area is 92.0 Å². The summed E-state index contributed by atoms with van der Waals surface area (Å²) < 4.78 is 24.3. The zero-order valence-corrected chi connectivity index (χ0v) is 8.75. The standard InChI is InChI=1S/C8H7NO6S/c10-8(15-16(13)14)7-4-2-1-3-6(7)5-9(11)12/h1-4,16H,5H2. The van der Waals surface area contributed by atoms with Crippen LogP contribution in [-0.2, 0) is 21.7 Å². The summed E-state index contributed by atoms with van der Waals surface area (Å²) in [7, 11) is -3.32. The molecule has 0 aliphatic heterocycles. The number of hydrogen-bond donors (Lipinski definition) is 1.